The van der Waals surface area contributed by atoms with Gasteiger partial charge in [-0.1, -0.05) is 43.7 Å². The number of thiocarbonyl (C=S) groups is 1. The lowest BCUT2D eigenvalue weighted by Gasteiger charge is -2.26. The monoisotopic (exact) mass is 391 g/mol. The van der Waals surface area contributed by atoms with Crippen LogP contribution in [0.2, 0.25) is 0 Å². The van der Waals surface area contributed by atoms with Gasteiger partial charge in [0.25, 0.3) is 0 Å². The Morgan fingerprint density at radius 3 is 2.11 bits per heavy atom. The molecule has 2 aromatic carbocycles. The molecule has 3 rings (SSSR count). The van der Waals surface area contributed by atoms with Crippen LogP contribution in [0.15, 0.2) is 41.4 Å². The lowest BCUT2D eigenvalue weighted by atomic mass is 9.79. The maximum Gasteiger partial charge on any atom is 0.143 e. The van der Waals surface area contributed by atoms with Crippen molar-refractivity contribution in [3.63, 3.8) is 0 Å². The summed E-state index contributed by atoms with van der Waals surface area (Å²) >= 11 is 4.36. The minimum Gasteiger partial charge on any atom is -0.205 e. The van der Waals surface area contributed by atoms with Crippen LogP contribution in [-0.2, 0) is 0 Å². The molecule has 0 radical (unpaired) electrons. The maximum absolute atomic E-state index is 14.1. The molecule has 0 atom stereocenters. The highest BCUT2D eigenvalue weighted by atomic mass is 32.1. The van der Waals surface area contributed by atoms with Crippen molar-refractivity contribution in [2.75, 3.05) is 0 Å². The Kier molecular flexibility index (Phi) is 6.72. The SMILES string of the molecule is CC1CCC(c2ccc(C#Cc3cc(F)c(C#CN=C=S)c(F)c3)cc2)CC1. The molecule has 0 bridgehead atoms. The third-order valence-corrected chi connectivity index (χ3v) is 5.16. The molecular formula is C24H19F2NS. The first-order valence-corrected chi connectivity index (χ1v) is 9.66. The van der Waals surface area contributed by atoms with Crippen molar-refractivity contribution in [1.82, 2.24) is 0 Å². The molecule has 1 saturated carbocycles. The highest BCUT2D eigenvalue weighted by molar-refractivity contribution is 7.78. The van der Waals surface area contributed by atoms with Gasteiger partial charge in [-0.2, -0.15) is 0 Å². The van der Waals surface area contributed by atoms with Crippen LogP contribution in [-0.4, -0.2) is 5.16 Å². The fourth-order valence-corrected chi connectivity index (χ4v) is 3.49. The molecule has 0 amide bonds. The van der Waals surface area contributed by atoms with Crippen molar-refractivity contribution in [2.24, 2.45) is 10.9 Å². The quantitative estimate of drug-likeness (QED) is 0.326. The van der Waals surface area contributed by atoms with Crippen molar-refractivity contribution >= 4 is 17.4 Å². The van der Waals surface area contributed by atoms with Gasteiger partial charge in [-0.15, -0.1) is 4.99 Å². The molecule has 0 heterocycles. The average molecular weight is 391 g/mol. The van der Waals surface area contributed by atoms with E-state index in [9.17, 15) is 8.78 Å². The van der Waals surface area contributed by atoms with Crippen LogP contribution >= 0.6 is 12.2 Å². The third kappa shape index (κ3) is 5.14. The number of rotatable bonds is 1. The first-order chi connectivity index (χ1) is 13.6. The summed E-state index contributed by atoms with van der Waals surface area (Å²) in [5, 5.41) is 2.02. The maximum atomic E-state index is 14.1. The van der Waals surface area contributed by atoms with E-state index in [-0.39, 0.29) is 11.1 Å². The molecule has 0 N–H and O–H groups in total. The van der Waals surface area contributed by atoms with Crippen LogP contribution in [0.5, 0.6) is 0 Å². The summed E-state index contributed by atoms with van der Waals surface area (Å²) in [6, 6.07) is 12.7. The van der Waals surface area contributed by atoms with Gasteiger partial charge >= 0.3 is 0 Å². The smallest absolute Gasteiger partial charge is 0.143 e. The van der Waals surface area contributed by atoms with Gasteiger partial charge in [-0.05, 0) is 72.6 Å². The van der Waals surface area contributed by atoms with Crippen LogP contribution in [0, 0.1) is 41.4 Å². The Morgan fingerprint density at radius 1 is 0.893 bits per heavy atom. The van der Waals surface area contributed by atoms with E-state index >= 15 is 0 Å². The molecule has 0 aromatic heterocycles. The van der Waals surface area contributed by atoms with E-state index in [4.69, 9.17) is 0 Å². The fraction of sp³-hybridized carbons (Fsp3) is 0.292. The van der Waals surface area contributed by atoms with E-state index in [2.05, 4.69) is 60.1 Å². The molecule has 1 aliphatic carbocycles. The highest BCUT2D eigenvalue weighted by Crippen LogP contribution is 2.35. The highest BCUT2D eigenvalue weighted by Gasteiger charge is 2.19. The molecule has 1 aliphatic rings. The number of hydrogen-bond donors (Lipinski definition) is 0. The molecule has 140 valence electrons. The summed E-state index contributed by atoms with van der Waals surface area (Å²) in [6.07, 6.45) is 5.02. The Morgan fingerprint density at radius 2 is 1.50 bits per heavy atom. The minimum absolute atomic E-state index is 0.254. The van der Waals surface area contributed by atoms with E-state index in [1.54, 1.807) is 0 Å². The van der Waals surface area contributed by atoms with Crippen molar-refractivity contribution in [3.8, 4) is 23.8 Å². The van der Waals surface area contributed by atoms with Crippen LogP contribution in [0.1, 0.15) is 60.8 Å². The number of hydrogen-bond acceptors (Lipinski definition) is 2. The second kappa shape index (κ2) is 9.43. The molecule has 1 nitrogen and oxygen atoms in total. The average Bonchev–Trinajstić information content (AvgIpc) is 2.69. The van der Waals surface area contributed by atoms with Crippen LogP contribution in [0.25, 0.3) is 0 Å². The van der Waals surface area contributed by atoms with Crippen LogP contribution in [0.3, 0.4) is 0 Å². The third-order valence-electron chi connectivity index (χ3n) is 5.07. The minimum atomic E-state index is -0.779. The van der Waals surface area contributed by atoms with E-state index in [0.717, 1.165) is 11.5 Å². The number of halogens is 2. The summed E-state index contributed by atoms with van der Waals surface area (Å²) in [7, 11) is 0. The Balaban J connectivity index is 1.75. The number of isothiocyanates is 1. The zero-order valence-electron chi connectivity index (χ0n) is 15.6. The topological polar surface area (TPSA) is 12.4 Å². The van der Waals surface area contributed by atoms with Crippen LogP contribution in [0.4, 0.5) is 8.78 Å². The first-order valence-electron chi connectivity index (χ1n) is 9.25. The van der Waals surface area contributed by atoms with Gasteiger partial charge in [0, 0.05) is 11.1 Å². The van der Waals surface area contributed by atoms with Gasteiger partial charge in [0.15, 0.2) is 0 Å². The second-order valence-corrected chi connectivity index (χ2v) is 7.27. The van der Waals surface area contributed by atoms with E-state index in [1.165, 1.54) is 43.4 Å². The summed E-state index contributed by atoms with van der Waals surface area (Å²) in [6.45, 7) is 2.31. The van der Waals surface area contributed by atoms with Crippen LogP contribution < -0.4 is 0 Å². The molecule has 0 saturated heterocycles. The zero-order valence-corrected chi connectivity index (χ0v) is 16.4. The summed E-state index contributed by atoms with van der Waals surface area (Å²) in [4.78, 5) is 3.33. The van der Waals surface area contributed by atoms with Crippen molar-refractivity contribution in [3.05, 3.63) is 70.3 Å². The predicted molar refractivity (Wildman–Crippen MR) is 111 cm³/mol. The number of nitrogens with zero attached hydrogens (tertiary/aromatic N) is 1. The number of benzene rings is 2. The lowest BCUT2D eigenvalue weighted by Crippen LogP contribution is -2.10. The zero-order chi connectivity index (χ0) is 19.9. The number of aliphatic imine (C=N–C) groups is 1. The first kappa shape index (κ1) is 20.0. The molecule has 1 fully saturated rings. The fourth-order valence-electron chi connectivity index (χ4n) is 3.45. The molecule has 4 heteroatoms. The summed E-state index contributed by atoms with van der Waals surface area (Å²) in [5.41, 5.74) is 2.05. The van der Waals surface area contributed by atoms with Gasteiger partial charge in [0.05, 0.1) is 16.8 Å². The standard InChI is InChI=1S/C24H19F2NS/c1-17-2-8-20(9-3-17)21-10-6-18(7-11-21)4-5-19-14-23(25)22(24(26)15-19)12-13-27-16-28/h6-7,10-11,14-15,17,20H,2-3,8-9H2,1H3. The van der Waals surface area contributed by atoms with Gasteiger partial charge in [0.2, 0.25) is 0 Å². The molecule has 28 heavy (non-hydrogen) atoms. The van der Waals surface area contributed by atoms with E-state index in [1.807, 2.05) is 17.3 Å². The summed E-state index contributed by atoms with van der Waals surface area (Å²) < 4.78 is 28.1. The van der Waals surface area contributed by atoms with Crippen molar-refractivity contribution in [1.29, 1.82) is 0 Å². The van der Waals surface area contributed by atoms with Gasteiger partial charge in [0.1, 0.15) is 11.6 Å². The normalized spacial score (nSPS) is 18.1. The molecule has 0 aliphatic heterocycles. The predicted octanol–water partition coefficient (Wildman–Crippen LogP) is 6.07. The summed E-state index contributed by atoms with van der Waals surface area (Å²) in [5.74, 6) is 7.94. The van der Waals surface area contributed by atoms with Gasteiger partial charge < -0.3 is 0 Å². The van der Waals surface area contributed by atoms with Crippen molar-refractivity contribution in [2.45, 2.75) is 38.5 Å². The van der Waals surface area contributed by atoms with E-state index < -0.39 is 11.6 Å². The van der Waals surface area contributed by atoms with Gasteiger partial charge in [-0.3, -0.25) is 0 Å². The molecule has 0 unspecified atom stereocenters. The molecule has 2 aromatic rings. The largest absolute Gasteiger partial charge is 0.205 e. The van der Waals surface area contributed by atoms with E-state index in [0.29, 0.717) is 5.92 Å². The van der Waals surface area contributed by atoms with Gasteiger partial charge in [-0.25, -0.2) is 8.78 Å². The molecule has 0 spiro atoms. The Labute approximate surface area is 169 Å². The Bertz CT molecular complexity index is 997. The lowest BCUT2D eigenvalue weighted by molar-refractivity contribution is 0.348. The second-order valence-electron chi connectivity index (χ2n) is 7.08. The Hall–Kier alpha value is -2.78. The van der Waals surface area contributed by atoms with Crippen molar-refractivity contribution < 1.29 is 8.78 Å². The molecular weight excluding hydrogens is 372 g/mol.